The molecule has 0 aliphatic heterocycles. The molecule has 0 radical (unpaired) electrons. The van der Waals surface area contributed by atoms with Gasteiger partial charge >= 0.3 is 0 Å². The van der Waals surface area contributed by atoms with Gasteiger partial charge in [-0.15, -0.1) is 0 Å². The van der Waals surface area contributed by atoms with E-state index >= 15 is 0 Å². The maximum absolute atomic E-state index is 9.26. The molecule has 0 heterocycles. The van der Waals surface area contributed by atoms with Crippen LogP contribution in [-0.2, 0) is 4.74 Å². The van der Waals surface area contributed by atoms with Crippen LogP contribution in [0.4, 0.5) is 0 Å². The average molecular weight is 259 g/mol. The molecule has 2 atom stereocenters. The van der Waals surface area contributed by atoms with Crippen LogP contribution in [0, 0.1) is 0 Å². The van der Waals surface area contributed by atoms with E-state index < -0.39 is 0 Å². The Morgan fingerprint density at radius 3 is 2.50 bits per heavy atom. The van der Waals surface area contributed by atoms with Gasteiger partial charge in [0.05, 0.1) is 12.7 Å². The van der Waals surface area contributed by atoms with E-state index in [1.54, 1.807) is 0 Å². The van der Waals surface area contributed by atoms with Crippen molar-refractivity contribution in [2.75, 3.05) is 20.3 Å². The minimum Gasteiger partial charge on any atom is -0.394 e. The molecule has 0 aromatic heterocycles. The first-order valence-corrected chi connectivity index (χ1v) is 7.49. The molecular formula is C15H33NO2. The number of hydrogen-bond donors (Lipinski definition) is 2. The lowest BCUT2D eigenvalue weighted by atomic mass is 9.97. The maximum Gasteiger partial charge on any atom is 0.0610 e. The molecule has 0 saturated carbocycles. The first-order valence-electron chi connectivity index (χ1n) is 7.49. The monoisotopic (exact) mass is 259 g/mol. The van der Waals surface area contributed by atoms with Gasteiger partial charge in [-0.05, 0) is 40.2 Å². The zero-order valence-electron chi connectivity index (χ0n) is 12.8. The lowest BCUT2D eigenvalue weighted by molar-refractivity contribution is 0.0497. The van der Waals surface area contributed by atoms with Crippen LogP contribution in [0.3, 0.4) is 0 Å². The third-order valence-electron chi connectivity index (χ3n) is 3.69. The first kappa shape index (κ1) is 17.9. The fourth-order valence-corrected chi connectivity index (χ4v) is 1.97. The molecule has 0 amide bonds. The van der Waals surface area contributed by atoms with Crippen molar-refractivity contribution in [2.24, 2.45) is 0 Å². The van der Waals surface area contributed by atoms with Crippen LogP contribution in [0.2, 0.25) is 0 Å². The lowest BCUT2D eigenvalue weighted by Gasteiger charge is -2.26. The van der Waals surface area contributed by atoms with Gasteiger partial charge in [0.15, 0.2) is 0 Å². The number of ether oxygens (including phenoxy) is 1. The highest BCUT2D eigenvalue weighted by Gasteiger charge is 2.19. The summed E-state index contributed by atoms with van der Waals surface area (Å²) in [7, 11) is 1.90. The van der Waals surface area contributed by atoms with Gasteiger partial charge in [-0.3, -0.25) is 0 Å². The molecule has 0 aromatic rings. The number of likely N-dealkylation sites (N-methyl/N-ethyl adjacent to an activating group) is 1. The number of aliphatic hydroxyl groups is 1. The highest BCUT2D eigenvalue weighted by atomic mass is 16.5. The van der Waals surface area contributed by atoms with E-state index in [0.717, 1.165) is 19.4 Å². The van der Waals surface area contributed by atoms with E-state index in [-0.39, 0.29) is 12.1 Å². The van der Waals surface area contributed by atoms with E-state index in [1.165, 1.54) is 32.1 Å². The molecular weight excluding hydrogens is 226 g/mol. The summed E-state index contributed by atoms with van der Waals surface area (Å²) in [5.41, 5.74) is -0.159. The predicted molar refractivity (Wildman–Crippen MR) is 78.0 cm³/mol. The quantitative estimate of drug-likeness (QED) is 0.529. The van der Waals surface area contributed by atoms with Gasteiger partial charge < -0.3 is 15.2 Å². The summed E-state index contributed by atoms with van der Waals surface area (Å²) >= 11 is 0. The molecule has 0 aromatic carbocycles. The molecule has 18 heavy (non-hydrogen) atoms. The molecule has 2 N–H and O–H groups in total. The fourth-order valence-electron chi connectivity index (χ4n) is 1.97. The second-order valence-corrected chi connectivity index (χ2v) is 5.60. The Hall–Kier alpha value is -0.120. The minimum atomic E-state index is -0.159. The summed E-state index contributed by atoms with van der Waals surface area (Å²) in [5, 5.41) is 12.4. The number of rotatable bonds is 12. The van der Waals surface area contributed by atoms with E-state index in [9.17, 15) is 5.11 Å². The van der Waals surface area contributed by atoms with Crippen molar-refractivity contribution in [3.8, 4) is 0 Å². The number of aliphatic hydroxyl groups excluding tert-OH is 1. The normalized spacial score (nSPS) is 16.5. The Kier molecular flexibility index (Phi) is 10.7. The van der Waals surface area contributed by atoms with Crippen molar-refractivity contribution in [1.82, 2.24) is 5.32 Å². The Labute approximate surface area is 113 Å². The van der Waals surface area contributed by atoms with Crippen molar-refractivity contribution in [2.45, 2.75) is 77.4 Å². The van der Waals surface area contributed by atoms with Gasteiger partial charge in [0.25, 0.3) is 0 Å². The van der Waals surface area contributed by atoms with Gasteiger partial charge in [0, 0.05) is 12.1 Å². The van der Waals surface area contributed by atoms with Crippen LogP contribution in [0.25, 0.3) is 0 Å². The van der Waals surface area contributed by atoms with Crippen molar-refractivity contribution >= 4 is 0 Å². The Balaban J connectivity index is 3.47. The number of hydrogen-bond acceptors (Lipinski definition) is 3. The van der Waals surface area contributed by atoms with Crippen LogP contribution in [-0.4, -0.2) is 37.0 Å². The van der Waals surface area contributed by atoms with Gasteiger partial charge in [0.1, 0.15) is 0 Å². The third-order valence-corrected chi connectivity index (χ3v) is 3.69. The van der Waals surface area contributed by atoms with E-state index in [2.05, 4.69) is 19.2 Å². The van der Waals surface area contributed by atoms with Crippen molar-refractivity contribution in [3.63, 3.8) is 0 Å². The van der Waals surface area contributed by atoms with Crippen molar-refractivity contribution in [1.29, 1.82) is 0 Å². The van der Waals surface area contributed by atoms with E-state index in [1.807, 2.05) is 14.0 Å². The van der Waals surface area contributed by atoms with Crippen LogP contribution in [0.1, 0.15) is 65.7 Å². The maximum atomic E-state index is 9.26. The molecule has 0 aliphatic rings. The lowest BCUT2D eigenvalue weighted by Crippen LogP contribution is -2.43. The molecule has 0 bridgehead atoms. The molecule has 0 fully saturated rings. The van der Waals surface area contributed by atoms with Crippen molar-refractivity contribution < 1.29 is 9.84 Å². The van der Waals surface area contributed by atoms with Gasteiger partial charge in [-0.2, -0.15) is 0 Å². The molecule has 0 rings (SSSR count). The largest absolute Gasteiger partial charge is 0.394 e. The average Bonchev–Trinajstić information content (AvgIpc) is 2.39. The van der Waals surface area contributed by atoms with E-state index in [0.29, 0.717) is 6.10 Å². The van der Waals surface area contributed by atoms with Crippen LogP contribution in [0.15, 0.2) is 0 Å². The third kappa shape index (κ3) is 8.90. The molecule has 0 saturated heterocycles. The summed E-state index contributed by atoms with van der Waals surface area (Å²) in [6.07, 6.45) is 8.72. The molecule has 2 unspecified atom stereocenters. The van der Waals surface area contributed by atoms with Crippen LogP contribution >= 0.6 is 0 Å². The van der Waals surface area contributed by atoms with Gasteiger partial charge in [-0.1, -0.05) is 32.6 Å². The molecule has 0 aliphatic carbocycles. The highest BCUT2D eigenvalue weighted by Crippen LogP contribution is 2.12. The molecule has 110 valence electrons. The summed E-state index contributed by atoms with van der Waals surface area (Å²) < 4.78 is 5.80. The summed E-state index contributed by atoms with van der Waals surface area (Å²) in [6, 6.07) is 0. The van der Waals surface area contributed by atoms with E-state index in [4.69, 9.17) is 4.74 Å². The standard InChI is InChI=1S/C15H33NO2/c1-5-6-7-8-10-14(2)18-12-9-11-15(3,13-17)16-4/h14,16-17H,5-13H2,1-4H3. The highest BCUT2D eigenvalue weighted by molar-refractivity contribution is 4.79. The predicted octanol–water partition coefficient (Wildman–Crippen LogP) is 3.11. The zero-order chi connectivity index (χ0) is 13.9. The van der Waals surface area contributed by atoms with Crippen molar-refractivity contribution in [3.05, 3.63) is 0 Å². The number of nitrogens with one attached hydrogen (secondary N) is 1. The van der Waals surface area contributed by atoms with Crippen LogP contribution in [0.5, 0.6) is 0 Å². The summed E-state index contributed by atoms with van der Waals surface area (Å²) in [4.78, 5) is 0. The Morgan fingerprint density at radius 1 is 1.22 bits per heavy atom. The zero-order valence-corrected chi connectivity index (χ0v) is 12.8. The summed E-state index contributed by atoms with van der Waals surface area (Å²) in [5.74, 6) is 0. The molecule has 3 nitrogen and oxygen atoms in total. The second kappa shape index (κ2) is 10.8. The van der Waals surface area contributed by atoms with Gasteiger partial charge in [0.2, 0.25) is 0 Å². The Bertz CT molecular complexity index is 181. The Morgan fingerprint density at radius 2 is 1.94 bits per heavy atom. The minimum absolute atomic E-state index is 0.159. The van der Waals surface area contributed by atoms with Crippen LogP contribution < -0.4 is 5.32 Å². The fraction of sp³-hybridized carbons (Fsp3) is 1.00. The molecule has 0 spiro atoms. The smallest absolute Gasteiger partial charge is 0.0610 e. The van der Waals surface area contributed by atoms with Gasteiger partial charge in [-0.25, -0.2) is 0 Å². The topological polar surface area (TPSA) is 41.5 Å². The first-order chi connectivity index (χ1) is 8.58. The second-order valence-electron chi connectivity index (χ2n) is 5.60. The number of unbranched alkanes of at least 4 members (excludes halogenated alkanes) is 3. The summed E-state index contributed by atoms with van der Waals surface area (Å²) in [6.45, 7) is 7.42. The SMILES string of the molecule is CCCCCCC(C)OCCCC(C)(CO)NC. The molecule has 3 heteroatoms.